The van der Waals surface area contributed by atoms with Gasteiger partial charge in [-0.1, -0.05) is 35.5 Å². The lowest BCUT2D eigenvalue weighted by Gasteiger charge is -2.32. The molecule has 5 nitrogen and oxygen atoms in total. The molecule has 0 bridgehead atoms. The smallest absolute Gasteiger partial charge is 0.304 e. The van der Waals surface area contributed by atoms with Gasteiger partial charge in [-0.25, -0.2) is 4.68 Å². The summed E-state index contributed by atoms with van der Waals surface area (Å²) in [6.07, 6.45) is -4.36. The topological polar surface area (TPSA) is 37.2 Å². The second kappa shape index (κ2) is 7.96. The molecular weight excluding hydrogens is 379 g/mol. The van der Waals surface area contributed by atoms with Crippen molar-refractivity contribution >= 4 is 0 Å². The highest BCUT2D eigenvalue weighted by molar-refractivity contribution is 5.62. The summed E-state index contributed by atoms with van der Waals surface area (Å²) in [5, 5.41) is 8.65. The van der Waals surface area contributed by atoms with E-state index in [1.54, 1.807) is 4.68 Å². The Morgan fingerprint density at radius 3 is 2.17 bits per heavy atom. The Bertz CT molecular complexity index is 943. The number of aromatic nitrogens is 3. The molecule has 1 aliphatic heterocycles. The zero-order valence-electron chi connectivity index (χ0n) is 16.1. The largest absolute Gasteiger partial charge is 0.416 e. The van der Waals surface area contributed by atoms with Crippen LogP contribution in [0.3, 0.4) is 0 Å². The Hall–Kier alpha value is -2.71. The average Bonchev–Trinajstić information content (AvgIpc) is 3.13. The summed E-state index contributed by atoms with van der Waals surface area (Å²) in [6.45, 7) is 4.42. The predicted molar refractivity (Wildman–Crippen MR) is 105 cm³/mol. The van der Waals surface area contributed by atoms with E-state index in [9.17, 15) is 13.2 Å². The zero-order valence-corrected chi connectivity index (χ0v) is 16.1. The number of halogens is 3. The molecule has 152 valence electrons. The fraction of sp³-hybridized carbons (Fsp3) is 0.333. The lowest BCUT2D eigenvalue weighted by Crippen LogP contribution is -2.44. The van der Waals surface area contributed by atoms with Crippen LogP contribution >= 0.6 is 0 Å². The lowest BCUT2D eigenvalue weighted by atomic mass is 10.1. The van der Waals surface area contributed by atoms with Crippen molar-refractivity contribution in [2.75, 3.05) is 33.2 Å². The summed E-state index contributed by atoms with van der Waals surface area (Å²) in [4.78, 5) is 4.60. The fourth-order valence-corrected chi connectivity index (χ4v) is 3.48. The molecule has 0 spiro atoms. The molecule has 4 rings (SSSR count). The minimum atomic E-state index is -4.36. The number of alkyl halides is 3. The molecule has 3 aromatic rings. The minimum absolute atomic E-state index is 0.566. The van der Waals surface area contributed by atoms with Crippen LogP contribution < -0.4 is 0 Å². The molecule has 1 fully saturated rings. The van der Waals surface area contributed by atoms with E-state index in [4.69, 9.17) is 0 Å². The van der Waals surface area contributed by atoms with Crippen LogP contribution in [0.1, 0.15) is 11.3 Å². The zero-order chi connectivity index (χ0) is 20.4. The molecule has 1 aliphatic rings. The molecule has 0 atom stereocenters. The van der Waals surface area contributed by atoms with Crippen LogP contribution in [0.4, 0.5) is 13.2 Å². The third-order valence-electron chi connectivity index (χ3n) is 5.22. The van der Waals surface area contributed by atoms with Crippen LogP contribution in [0, 0.1) is 0 Å². The van der Waals surface area contributed by atoms with Gasteiger partial charge >= 0.3 is 6.18 Å². The van der Waals surface area contributed by atoms with Crippen molar-refractivity contribution in [3.05, 3.63) is 65.9 Å². The standard InChI is InChI=1S/C21H22F3N5/c1-27-11-13-28(14-12-27)15-19-20(16-5-3-2-4-6-16)25-26-29(19)18-9-7-17(8-10-18)21(22,23)24/h2-10H,11-15H2,1H3. The van der Waals surface area contributed by atoms with E-state index in [1.807, 2.05) is 30.3 Å². The lowest BCUT2D eigenvalue weighted by molar-refractivity contribution is -0.137. The Balaban J connectivity index is 1.71. The minimum Gasteiger partial charge on any atom is -0.304 e. The fourth-order valence-electron chi connectivity index (χ4n) is 3.48. The molecule has 1 saturated heterocycles. The maximum atomic E-state index is 12.9. The van der Waals surface area contributed by atoms with Crippen molar-refractivity contribution in [1.29, 1.82) is 0 Å². The van der Waals surface area contributed by atoms with Crippen molar-refractivity contribution in [3.8, 4) is 16.9 Å². The highest BCUT2D eigenvalue weighted by atomic mass is 19.4. The molecule has 0 N–H and O–H groups in total. The van der Waals surface area contributed by atoms with Crippen LogP contribution in [0.15, 0.2) is 54.6 Å². The van der Waals surface area contributed by atoms with Crippen molar-refractivity contribution in [2.45, 2.75) is 12.7 Å². The summed E-state index contributed by atoms with van der Waals surface area (Å²) >= 11 is 0. The second-order valence-corrected chi connectivity index (χ2v) is 7.29. The maximum Gasteiger partial charge on any atom is 0.416 e. The number of rotatable bonds is 4. The van der Waals surface area contributed by atoms with Gasteiger partial charge in [-0.15, -0.1) is 5.10 Å². The summed E-state index contributed by atoms with van der Waals surface area (Å²) in [6, 6.07) is 14.8. The maximum absolute atomic E-state index is 12.9. The van der Waals surface area contributed by atoms with Gasteiger partial charge in [0.25, 0.3) is 0 Å². The molecule has 2 aromatic carbocycles. The Kier molecular flexibility index (Phi) is 5.38. The molecule has 8 heteroatoms. The van der Waals surface area contributed by atoms with E-state index in [2.05, 4.69) is 27.2 Å². The SMILES string of the molecule is CN1CCN(Cc2c(-c3ccccc3)nnn2-c2ccc(C(F)(F)F)cc2)CC1. The number of hydrogen-bond donors (Lipinski definition) is 0. The first-order chi connectivity index (χ1) is 13.9. The average molecular weight is 401 g/mol. The van der Waals surface area contributed by atoms with Crippen LogP contribution in [-0.4, -0.2) is 58.0 Å². The first-order valence-corrected chi connectivity index (χ1v) is 9.50. The summed E-state index contributed by atoms with van der Waals surface area (Å²) in [7, 11) is 2.10. The molecular formula is C21H22F3N5. The molecule has 2 heterocycles. The molecule has 0 unspecified atom stereocenters. The Morgan fingerprint density at radius 1 is 0.897 bits per heavy atom. The van der Waals surface area contributed by atoms with Gasteiger partial charge in [0.2, 0.25) is 0 Å². The van der Waals surface area contributed by atoms with Gasteiger partial charge in [0, 0.05) is 38.3 Å². The summed E-state index contributed by atoms with van der Waals surface area (Å²) in [5.41, 5.74) is 2.46. The van der Waals surface area contributed by atoms with Gasteiger partial charge in [-0.05, 0) is 31.3 Å². The van der Waals surface area contributed by atoms with Gasteiger partial charge < -0.3 is 4.90 Å². The number of piperazine rings is 1. The monoisotopic (exact) mass is 401 g/mol. The van der Waals surface area contributed by atoms with E-state index in [0.29, 0.717) is 12.2 Å². The van der Waals surface area contributed by atoms with Gasteiger partial charge in [0.1, 0.15) is 5.69 Å². The van der Waals surface area contributed by atoms with Crippen LogP contribution in [0.2, 0.25) is 0 Å². The second-order valence-electron chi connectivity index (χ2n) is 7.29. The predicted octanol–water partition coefficient (Wildman–Crippen LogP) is 3.70. The van der Waals surface area contributed by atoms with Crippen molar-refractivity contribution < 1.29 is 13.2 Å². The quantitative estimate of drug-likeness (QED) is 0.668. The number of nitrogens with zero attached hydrogens (tertiary/aromatic N) is 5. The third-order valence-corrected chi connectivity index (χ3v) is 5.22. The molecule has 0 radical (unpaired) electrons. The molecule has 0 amide bonds. The van der Waals surface area contributed by atoms with Gasteiger partial charge in [-0.2, -0.15) is 13.2 Å². The summed E-state index contributed by atoms with van der Waals surface area (Å²) < 4.78 is 40.4. The Labute approximate surface area is 167 Å². The van der Waals surface area contributed by atoms with Crippen molar-refractivity contribution in [3.63, 3.8) is 0 Å². The van der Waals surface area contributed by atoms with Crippen LogP contribution in [0.5, 0.6) is 0 Å². The molecule has 1 aromatic heterocycles. The molecule has 0 saturated carbocycles. The van der Waals surface area contributed by atoms with Crippen molar-refractivity contribution in [1.82, 2.24) is 24.8 Å². The van der Waals surface area contributed by atoms with Gasteiger partial charge in [0.15, 0.2) is 0 Å². The van der Waals surface area contributed by atoms with E-state index in [-0.39, 0.29) is 0 Å². The van der Waals surface area contributed by atoms with Crippen LogP contribution in [0.25, 0.3) is 16.9 Å². The highest BCUT2D eigenvalue weighted by Crippen LogP contribution is 2.30. The van der Waals surface area contributed by atoms with E-state index < -0.39 is 11.7 Å². The summed E-state index contributed by atoms with van der Waals surface area (Å²) in [5.74, 6) is 0. The van der Waals surface area contributed by atoms with E-state index >= 15 is 0 Å². The van der Waals surface area contributed by atoms with Crippen LogP contribution in [-0.2, 0) is 12.7 Å². The first-order valence-electron chi connectivity index (χ1n) is 9.50. The van der Waals surface area contributed by atoms with Gasteiger partial charge in [-0.3, -0.25) is 4.90 Å². The number of likely N-dealkylation sites (N-methyl/N-ethyl adjacent to an activating group) is 1. The molecule has 29 heavy (non-hydrogen) atoms. The normalized spacial score (nSPS) is 16.3. The third kappa shape index (κ3) is 4.33. The van der Waals surface area contributed by atoms with Crippen molar-refractivity contribution in [2.24, 2.45) is 0 Å². The highest BCUT2D eigenvalue weighted by Gasteiger charge is 2.30. The van der Waals surface area contributed by atoms with E-state index in [0.717, 1.165) is 55.3 Å². The van der Waals surface area contributed by atoms with E-state index in [1.165, 1.54) is 12.1 Å². The van der Waals surface area contributed by atoms with Gasteiger partial charge in [0.05, 0.1) is 16.9 Å². The molecule has 0 aliphatic carbocycles. The number of benzene rings is 2. The number of hydrogen-bond acceptors (Lipinski definition) is 4. The first kappa shape index (κ1) is 19.6. The Morgan fingerprint density at radius 2 is 1.55 bits per heavy atom.